The molecule has 1 amide bonds. The minimum atomic E-state index is -1.34. The monoisotopic (exact) mass is 355 g/mol. The molecule has 0 spiro atoms. The third kappa shape index (κ3) is 7.36. The van der Waals surface area contributed by atoms with Gasteiger partial charge in [0.05, 0.1) is 23.8 Å². The van der Waals surface area contributed by atoms with Crippen LogP contribution in [0.3, 0.4) is 0 Å². The van der Waals surface area contributed by atoms with Gasteiger partial charge in [-0.2, -0.15) is 0 Å². The first-order valence-corrected chi connectivity index (χ1v) is 8.87. The third-order valence-corrected chi connectivity index (χ3v) is 4.50. The first-order chi connectivity index (χ1) is 11.4. The number of ether oxygens (including phenoxy) is 1. The summed E-state index contributed by atoms with van der Waals surface area (Å²) in [6.07, 6.45) is -0.228. The van der Waals surface area contributed by atoms with E-state index in [1.165, 1.54) is 0 Å². The van der Waals surface area contributed by atoms with Gasteiger partial charge in [-0.3, -0.25) is 13.8 Å². The highest BCUT2D eigenvalue weighted by Gasteiger charge is 2.21. The molecule has 0 saturated carbocycles. The van der Waals surface area contributed by atoms with Gasteiger partial charge in [-0.05, 0) is 25.5 Å². The van der Waals surface area contributed by atoms with Gasteiger partial charge in [0.2, 0.25) is 5.91 Å². The van der Waals surface area contributed by atoms with E-state index in [0.29, 0.717) is 4.90 Å². The fourth-order valence-electron chi connectivity index (χ4n) is 1.89. The standard InChI is InChI=1S/C16H21NO6S/c1-2-23-15(19)9-8-14(18)17-13(16(20)21)10-11-24(22)12-6-4-3-5-7-12/h3-7,13H,2,8-11H2,1H3,(H,17,18)(H,20,21)/t13-,24+/m0/s1. The van der Waals surface area contributed by atoms with E-state index in [1.54, 1.807) is 37.3 Å². The Bertz CT molecular complexity index is 589. The summed E-state index contributed by atoms with van der Waals surface area (Å²) in [4.78, 5) is 34.7. The van der Waals surface area contributed by atoms with Crippen LogP contribution >= 0.6 is 0 Å². The topological polar surface area (TPSA) is 110 Å². The van der Waals surface area contributed by atoms with Crippen molar-refractivity contribution in [1.29, 1.82) is 0 Å². The number of hydrogen-bond acceptors (Lipinski definition) is 5. The van der Waals surface area contributed by atoms with Crippen LogP contribution in [0, 0.1) is 0 Å². The summed E-state index contributed by atoms with van der Waals surface area (Å²) >= 11 is 0. The second-order valence-electron chi connectivity index (χ2n) is 4.91. The molecule has 0 heterocycles. The van der Waals surface area contributed by atoms with Gasteiger partial charge in [0.1, 0.15) is 6.04 Å². The zero-order valence-electron chi connectivity index (χ0n) is 13.4. The normalized spacial score (nSPS) is 12.9. The molecule has 8 heteroatoms. The minimum Gasteiger partial charge on any atom is -0.480 e. The average molecular weight is 355 g/mol. The van der Waals surface area contributed by atoms with E-state index in [0.717, 1.165) is 0 Å². The van der Waals surface area contributed by atoms with E-state index in [4.69, 9.17) is 9.84 Å². The van der Waals surface area contributed by atoms with Crippen LogP contribution in [-0.2, 0) is 29.9 Å². The molecule has 0 bridgehead atoms. The fraction of sp³-hybridized carbons (Fsp3) is 0.438. The van der Waals surface area contributed by atoms with Crippen molar-refractivity contribution in [2.75, 3.05) is 12.4 Å². The molecule has 1 aromatic rings. The molecule has 2 N–H and O–H groups in total. The van der Waals surface area contributed by atoms with Crippen LogP contribution in [0.25, 0.3) is 0 Å². The number of carbonyl (C=O) groups excluding carboxylic acids is 2. The smallest absolute Gasteiger partial charge is 0.326 e. The number of hydrogen-bond donors (Lipinski definition) is 2. The molecule has 7 nitrogen and oxygen atoms in total. The highest BCUT2D eigenvalue weighted by atomic mass is 32.2. The summed E-state index contributed by atoms with van der Waals surface area (Å²) in [6.45, 7) is 1.88. The predicted octanol–water partition coefficient (Wildman–Crippen LogP) is 1.10. The summed E-state index contributed by atoms with van der Waals surface area (Å²) in [7, 11) is -1.34. The fourth-order valence-corrected chi connectivity index (χ4v) is 3.03. The van der Waals surface area contributed by atoms with Gasteiger partial charge in [-0.15, -0.1) is 0 Å². The van der Waals surface area contributed by atoms with Gasteiger partial charge >= 0.3 is 11.9 Å². The number of nitrogens with one attached hydrogen (secondary N) is 1. The van der Waals surface area contributed by atoms with E-state index in [1.807, 2.05) is 0 Å². The first kappa shape index (κ1) is 19.8. The molecule has 0 fully saturated rings. The highest BCUT2D eigenvalue weighted by Crippen LogP contribution is 2.08. The van der Waals surface area contributed by atoms with Crippen LogP contribution in [0.2, 0.25) is 0 Å². The first-order valence-electron chi connectivity index (χ1n) is 7.55. The molecular formula is C16H21NO6S. The maximum absolute atomic E-state index is 12.1. The molecule has 24 heavy (non-hydrogen) atoms. The van der Waals surface area contributed by atoms with E-state index in [9.17, 15) is 18.6 Å². The Morgan fingerprint density at radius 2 is 1.88 bits per heavy atom. The number of carboxylic acids is 1. The molecule has 0 aliphatic rings. The van der Waals surface area contributed by atoms with E-state index in [-0.39, 0.29) is 31.6 Å². The maximum Gasteiger partial charge on any atom is 0.326 e. The van der Waals surface area contributed by atoms with Gasteiger partial charge in [0.25, 0.3) is 0 Å². The number of carbonyl (C=O) groups is 3. The third-order valence-electron chi connectivity index (χ3n) is 3.09. The Balaban J connectivity index is 2.46. The molecule has 0 aromatic heterocycles. The van der Waals surface area contributed by atoms with Crippen molar-refractivity contribution < 1.29 is 28.4 Å². The second-order valence-corrected chi connectivity index (χ2v) is 6.49. The van der Waals surface area contributed by atoms with E-state index < -0.39 is 34.7 Å². The zero-order valence-corrected chi connectivity index (χ0v) is 14.2. The van der Waals surface area contributed by atoms with Crippen molar-refractivity contribution in [3.05, 3.63) is 30.3 Å². The van der Waals surface area contributed by atoms with Crippen LogP contribution in [0.15, 0.2) is 35.2 Å². The number of carboxylic acid groups (broad SMARTS) is 1. The summed E-state index contributed by atoms with van der Waals surface area (Å²) < 4.78 is 16.8. The zero-order chi connectivity index (χ0) is 17.9. The summed E-state index contributed by atoms with van der Waals surface area (Å²) in [5.74, 6) is -2.16. The molecule has 1 aromatic carbocycles. The van der Waals surface area contributed by atoms with Gasteiger partial charge in [-0.1, -0.05) is 18.2 Å². The molecule has 0 radical (unpaired) electrons. The number of esters is 1. The van der Waals surface area contributed by atoms with Crippen molar-refractivity contribution in [2.24, 2.45) is 0 Å². The lowest BCUT2D eigenvalue weighted by Gasteiger charge is -2.14. The predicted molar refractivity (Wildman–Crippen MR) is 87.8 cm³/mol. The van der Waals surface area contributed by atoms with Crippen LogP contribution in [0.4, 0.5) is 0 Å². The lowest BCUT2D eigenvalue weighted by molar-refractivity contribution is -0.144. The molecule has 1 rings (SSSR count). The largest absolute Gasteiger partial charge is 0.480 e. The van der Waals surface area contributed by atoms with Crippen LogP contribution in [-0.4, -0.2) is 45.6 Å². The molecule has 0 saturated heterocycles. The van der Waals surface area contributed by atoms with Crippen molar-refractivity contribution in [3.8, 4) is 0 Å². The van der Waals surface area contributed by atoms with Gasteiger partial charge in [0, 0.05) is 17.1 Å². The van der Waals surface area contributed by atoms with Crippen molar-refractivity contribution in [3.63, 3.8) is 0 Å². The van der Waals surface area contributed by atoms with E-state index in [2.05, 4.69) is 5.32 Å². The molecule has 0 aliphatic heterocycles. The number of rotatable bonds is 10. The van der Waals surface area contributed by atoms with Crippen molar-refractivity contribution >= 4 is 28.6 Å². The Morgan fingerprint density at radius 1 is 1.21 bits per heavy atom. The second kappa shape index (κ2) is 10.5. The number of benzene rings is 1. The van der Waals surface area contributed by atoms with Crippen LogP contribution < -0.4 is 5.32 Å². The Morgan fingerprint density at radius 3 is 2.46 bits per heavy atom. The Labute approximate surface area is 142 Å². The Hall–Kier alpha value is -2.22. The minimum absolute atomic E-state index is 0.0297. The summed E-state index contributed by atoms with van der Waals surface area (Å²) in [6, 6.07) is 7.54. The number of amides is 1. The quantitative estimate of drug-likeness (QED) is 0.608. The van der Waals surface area contributed by atoms with E-state index >= 15 is 0 Å². The molecule has 0 aliphatic carbocycles. The molecular weight excluding hydrogens is 334 g/mol. The number of aliphatic carboxylic acids is 1. The average Bonchev–Trinajstić information content (AvgIpc) is 2.57. The van der Waals surface area contributed by atoms with Gasteiger partial charge < -0.3 is 15.2 Å². The lowest BCUT2D eigenvalue weighted by atomic mass is 10.2. The Kier molecular flexibility index (Phi) is 8.70. The lowest BCUT2D eigenvalue weighted by Crippen LogP contribution is -2.41. The van der Waals surface area contributed by atoms with Crippen LogP contribution in [0.5, 0.6) is 0 Å². The highest BCUT2D eigenvalue weighted by molar-refractivity contribution is 7.85. The summed E-state index contributed by atoms with van der Waals surface area (Å²) in [5, 5.41) is 11.5. The molecule has 132 valence electrons. The molecule has 0 unspecified atom stereocenters. The van der Waals surface area contributed by atoms with Crippen molar-refractivity contribution in [2.45, 2.75) is 37.1 Å². The SMILES string of the molecule is CCOC(=O)CCC(=O)N[C@@H](CC[S@@](=O)c1ccccc1)C(=O)O. The van der Waals surface area contributed by atoms with Crippen molar-refractivity contribution in [1.82, 2.24) is 5.32 Å². The molecule has 2 atom stereocenters. The van der Waals surface area contributed by atoms with Crippen LogP contribution in [0.1, 0.15) is 26.2 Å². The van der Waals surface area contributed by atoms with Gasteiger partial charge in [-0.25, -0.2) is 4.79 Å². The maximum atomic E-state index is 12.1. The summed E-state index contributed by atoms with van der Waals surface area (Å²) in [5.41, 5.74) is 0. The van der Waals surface area contributed by atoms with Gasteiger partial charge in [0.15, 0.2) is 0 Å².